The van der Waals surface area contributed by atoms with E-state index in [1.807, 2.05) is 0 Å². The fraction of sp³-hybridized carbons (Fsp3) is 0.286. The summed E-state index contributed by atoms with van der Waals surface area (Å²) in [6.45, 7) is 0. The maximum absolute atomic E-state index is 11.1. The SMILES string of the molecule is CN(C)NC(=O)c1ccc[nH]1. The van der Waals surface area contributed by atoms with Crippen LogP contribution in [0.3, 0.4) is 0 Å². The summed E-state index contributed by atoms with van der Waals surface area (Å²) in [6, 6.07) is 3.50. The fourth-order valence-electron chi connectivity index (χ4n) is 0.735. The highest BCUT2D eigenvalue weighted by Gasteiger charge is 2.04. The van der Waals surface area contributed by atoms with Gasteiger partial charge in [0.05, 0.1) is 0 Å². The van der Waals surface area contributed by atoms with Gasteiger partial charge < -0.3 is 4.98 Å². The van der Waals surface area contributed by atoms with Gasteiger partial charge in [0, 0.05) is 20.3 Å². The Bertz CT molecular complexity index is 228. The third-order valence-electron chi connectivity index (χ3n) is 1.17. The first-order valence-electron chi connectivity index (χ1n) is 3.32. The Morgan fingerprint density at radius 3 is 2.82 bits per heavy atom. The van der Waals surface area contributed by atoms with E-state index >= 15 is 0 Å². The zero-order valence-corrected chi connectivity index (χ0v) is 6.59. The van der Waals surface area contributed by atoms with Crippen LogP contribution in [0.1, 0.15) is 10.5 Å². The lowest BCUT2D eigenvalue weighted by Gasteiger charge is -2.09. The summed E-state index contributed by atoms with van der Waals surface area (Å²) in [5, 5.41) is 1.60. The van der Waals surface area contributed by atoms with Crippen molar-refractivity contribution < 1.29 is 4.79 Å². The zero-order valence-electron chi connectivity index (χ0n) is 6.59. The zero-order chi connectivity index (χ0) is 8.27. The predicted molar refractivity (Wildman–Crippen MR) is 41.9 cm³/mol. The number of H-pyrrole nitrogens is 1. The number of hydrogen-bond acceptors (Lipinski definition) is 2. The maximum atomic E-state index is 11.1. The molecule has 1 heterocycles. The van der Waals surface area contributed by atoms with Crippen molar-refractivity contribution >= 4 is 5.91 Å². The van der Waals surface area contributed by atoms with Crippen molar-refractivity contribution in [1.82, 2.24) is 15.4 Å². The molecule has 4 heteroatoms. The molecule has 0 radical (unpaired) electrons. The highest BCUT2D eigenvalue weighted by atomic mass is 16.2. The number of hydrogen-bond donors (Lipinski definition) is 2. The molecule has 1 amide bonds. The largest absolute Gasteiger partial charge is 0.357 e. The van der Waals surface area contributed by atoms with Crippen LogP contribution in [-0.4, -0.2) is 30.0 Å². The van der Waals surface area contributed by atoms with E-state index in [2.05, 4.69) is 10.4 Å². The number of hydrazine groups is 1. The van der Waals surface area contributed by atoms with E-state index < -0.39 is 0 Å². The minimum Gasteiger partial charge on any atom is -0.357 e. The van der Waals surface area contributed by atoms with Gasteiger partial charge in [-0.3, -0.25) is 10.2 Å². The molecule has 0 atom stereocenters. The molecule has 0 saturated carbocycles. The van der Waals surface area contributed by atoms with E-state index in [1.165, 1.54) is 0 Å². The van der Waals surface area contributed by atoms with Crippen molar-refractivity contribution in [2.24, 2.45) is 0 Å². The molecular formula is C7H11N3O. The first-order valence-corrected chi connectivity index (χ1v) is 3.32. The molecule has 4 nitrogen and oxygen atoms in total. The fourth-order valence-corrected chi connectivity index (χ4v) is 0.735. The minimum atomic E-state index is -0.125. The van der Waals surface area contributed by atoms with Crippen LogP contribution in [0, 0.1) is 0 Å². The number of amides is 1. The second-order valence-electron chi connectivity index (χ2n) is 2.42. The molecule has 0 spiro atoms. The van der Waals surface area contributed by atoms with Crippen molar-refractivity contribution in [2.75, 3.05) is 14.1 Å². The number of carbonyl (C=O) groups is 1. The van der Waals surface area contributed by atoms with E-state index in [4.69, 9.17) is 0 Å². The molecule has 0 aliphatic rings. The van der Waals surface area contributed by atoms with Crippen LogP contribution in [0.15, 0.2) is 18.3 Å². The summed E-state index contributed by atoms with van der Waals surface area (Å²) >= 11 is 0. The molecule has 0 aliphatic heterocycles. The summed E-state index contributed by atoms with van der Waals surface area (Å²) in [5.41, 5.74) is 3.18. The van der Waals surface area contributed by atoms with Gasteiger partial charge in [0.1, 0.15) is 5.69 Å². The number of rotatable bonds is 2. The van der Waals surface area contributed by atoms with Gasteiger partial charge in [0.25, 0.3) is 5.91 Å². The Labute approximate surface area is 65.2 Å². The third-order valence-corrected chi connectivity index (χ3v) is 1.17. The lowest BCUT2D eigenvalue weighted by Crippen LogP contribution is -2.36. The Morgan fingerprint density at radius 2 is 2.36 bits per heavy atom. The van der Waals surface area contributed by atoms with E-state index in [0.29, 0.717) is 5.69 Å². The van der Waals surface area contributed by atoms with Crippen LogP contribution in [0.4, 0.5) is 0 Å². The molecule has 0 bridgehead atoms. The number of aromatic amines is 1. The molecule has 1 rings (SSSR count). The highest BCUT2D eigenvalue weighted by Crippen LogP contribution is 1.92. The highest BCUT2D eigenvalue weighted by molar-refractivity contribution is 5.91. The molecule has 11 heavy (non-hydrogen) atoms. The van der Waals surface area contributed by atoms with Crippen molar-refractivity contribution in [1.29, 1.82) is 0 Å². The monoisotopic (exact) mass is 153 g/mol. The number of aromatic nitrogens is 1. The van der Waals surface area contributed by atoms with E-state index in [9.17, 15) is 4.79 Å². The molecule has 0 aromatic carbocycles. The lowest BCUT2D eigenvalue weighted by molar-refractivity contribution is 0.0852. The normalized spacial score (nSPS) is 10.1. The van der Waals surface area contributed by atoms with Gasteiger partial charge in [-0.25, -0.2) is 5.01 Å². The third kappa shape index (κ3) is 2.09. The average molecular weight is 153 g/mol. The Hall–Kier alpha value is -1.29. The van der Waals surface area contributed by atoms with E-state index in [0.717, 1.165) is 0 Å². The molecule has 0 unspecified atom stereocenters. The van der Waals surface area contributed by atoms with Crippen LogP contribution in [0.25, 0.3) is 0 Å². The Balaban J connectivity index is 2.57. The minimum absolute atomic E-state index is 0.125. The van der Waals surface area contributed by atoms with Crippen molar-refractivity contribution in [3.63, 3.8) is 0 Å². The molecule has 0 aliphatic carbocycles. The maximum Gasteiger partial charge on any atom is 0.281 e. The summed E-state index contributed by atoms with van der Waals surface area (Å²) in [7, 11) is 3.53. The molecule has 2 N–H and O–H groups in total. The van der Waals surface area contributed by atoms with Gasteiger partial charge in [-0.05, 0) is 12.1 Å². The topological polar surface area (TPSA) is 48.1 Å². The van der Waals surface area contributed by atoms with Gasteiger partial charge in [-0.15, -0.1) is 0 Å². The van der Waals surface area contributed by atoms with Crippen molar-refractivity contribution in [2.45, 2.75) is 0 Å². The predicted octanol–water partition coefficient (Wildman–Crippen LogP) is 0.221. The Morgan fingerprint density at radius 1 is 1.64 bits per heavy atom. The summed E-state index contributed by atoms with van der Waals surface area (Å²) in [6.07, 6.45) is 1.71. The first kappa shape index (κ1) is 7.81. The van der Waals surface area contributed by atoms with Crippen molar-refractivity contribution in [3.05, 3.63) is 24.0 Å². The van der Waals surface area contributed by atoms with Crippen LogP contribution in [0.5, 0.6) is 0 Å². The van der Waals surface area contributed by atoms with Crippen LogP contribution < -0.4 is 5.43 Å². The molecule has 1 aromatic heterocycles. The van der Waals surface area contributed by atoms with Crippen LogP contribution in [0.2, 0.25) is 0 Å². The Kier molecular flexibility index (Phi) is 2.28. The molecular weight excluding hydrogens is 142 g/mol. The quantitative estimate of drug-likeness (QED) is 0.597. The number of nitrogens with zero attached hydrogens (tertiary/aromatic N) is 1. The standard InChI is InChI=1S/C7H11N3O/c1-10(2)9-7(11)6-4-3-5-8-6/h3-5,8H,1-2H3,(H,9,11). The van der Waals surface area contributed by atoms with Crippen LogP contribution in [-0.2, 0) is 0 Å². The summed E-state index contributed by atoms with van der Waals surface area (Å²) in [4.78, 5) is 13.9. The number of nitrogens with one attached hydrogen (secondary N) is 2. The van der Waals surface area contributed by atoms with E-state index in [1.54, 1.807) is 37.4 Å². The summed E-state index contributed by atoms with van der Waals surface area (Å²) in [5.74, 6) is -0.125. The van der Waals surface area contributed by atoms with Crippen LogP contribution >= 0.6 is 0 Å². The second kappa shape index (κ2) is 3.21. The van der Waals surface area contributed by atoms with Crippen molar-refractivity contribution in [3.8, 4) is 0 Å². The van der Waals surface area contributed by atoms with Gasteiger partial charge in [-0.1, -0.05) is 0 Å². The van der Waals surface area contributed by atoms with Gasteiger partial charge in [0.15, 0.2) is 0 Å². The second-order valence-corrected chi connectivity index (χ2v) is 2.42. The van der Waals surface area contributed by atoms with Gasteiger partial charge in [-0.2, -0.15) is 0 Å². The lowest BCUT2D eigenvalue weighted by atomic mass is 10.4. The van der Waals surface area contributed by atoms with Gasteiger partial charge in [0.2, 0.25) is 0 Å². The smallest absolute Gasteiger partial charge is 0.281 e. The molecule has 1 aromatic rings. The average Bonchev–Trinajstić information content (AvgIpc) is 2.35. The van der Waals surface area contributed by atoms with E-state index in [-0.39, 0.29) is 5.91 Å². The summed E-state index contributed by atoms with van der Waals surface area (Å²) < 4.78 is 0. The molecule has 0 saturated heterocycles. The van der Waals surface area contributed by atoms with Gasteiger partial charge >= 0.3 is 0 Å². The number of carbonyl (C=O) groups excluding carboxylic acids is 1. The first-order chi connectivity index (χ1) is 5.20. The molecule has 0 fully saturated rings. The molecule has 60 valence electrons.